The fourth-order valence-corrected chi connectivity index (χ4v) is 2.87. The Bertz CT molecular complexity index is 450. The Morgan fingerprint density at radius 1 is 1.47 bits per heavy atom. The molecule has 1 aromatic rings. The van der Waals surface area contributed by atoms with Crippen molar-refractivity contribution in [3.63, 3.8) is 0 Å². The summed E-state index contributed by atoms with van der Waals surface area (Å²) in [5.41, 5.74) is 1.17. The highest BCUT2D eigenvalue weighted by atomic mass is 79.9. The molecule has 0 aromatic heterocycles. The quantitative estimate of drug-likeness (QED) is 0.619. The fourth-order valence-electron chi connectivity index (χ4n) is 2.28. The fraction of sp³-hybridized carbons (Fsp3) is 0.500. The van der Waals surface area contributed by atoms with Crippen molar-refractivity contribution in [3.8, 4) is 0 Å². The van der Waals surface area contributed by atoms with E-state index in [-0.39, 0.29) is 10.6 Å². The molecule has 0 spiro atoms. The van der Waals surface area contributed by atoms with Gasteiger partial charge in [0.1, 0.15) is 0 Å². The largest absolute Gasteiger partial charge is 0.368 e. The second-order valence-corrected chi connectivity index (χ2v) is 5.45. The van der Waals surface area contributed by atoms with Crippen molar-refractivity contribution < 1.29 is 4.92 Å². The number of nitrogens with zero attached hydrogens (tertiary/aromatic N) is 2. The maximum Gasteiger partial charge on any atom is 0.270 e. The molecule has 4 nitrogen and oxygen atoms in total. The third kappa shape index (κ3) is 2.29. The molecular formula is C12H15BrN2O2. The van der Waals surface area contributed by atoms with Crippen LogP contribution in [0.1, 0.15) is 20.3 Å². The topological polar surface area (TPSA) is 46.4 Å². The molecule has 1 saturated heterocycles. The van der Waals surface area contributed by atoms with Gasteiger partial charge in [0.05, 0.1) is 10.6 Å². The SMILES string of the molecule is CC1CCN(c2ccc([N+](=O)[O-])cc2Br)C1C. The van der Waals surface area contributed by atoms with Crippen molar-refractivity contribution in [3.05, 3.63) is 32.8 Å². The first kappa shape index (κ1) is 12.4. The van der Waals surface area contributed by atoms with E-state index >= 15 is 0 Å². The lowest BCUT2D eigenvalue weighted by molar-refractivity contribution is -0.384. The zero-order chi connectivity index (χ0) is 12.6. The van der Waals surface area contributed by atoms with Gasteiger partial charge >= 0.3 is 0 Å². The first-order valence-electron chi connectivity index (χ1n) is 5.71. The van der Waals surface area contributed by atoms with Crippen LogP contribution in [0.15, 0.2) is 22.7 Å². The average Bonchev–Trinajstić information content (AvgIpc) is 2.60. The summed E-state index contributed by atoms with van der Waals surface area (Å²) in [6.45, 7) is 5.45. The van der Waals surface area contributed by atoms with Crippen molar-refractivity contribution in [2.24, 2.45) is 5.92 Å². The molecule has 1 aliphatic rings. The number of non-ortho nitro benzene ring substituents is 1. The van der Waals surface area contributed by atoms with E-state index in [1.54, 1.807) is 12.1 Å². The Labute approximate surface area is 109 Å². The molecule has 1 aromatic carbocycles. The van der Waals surface area contributed by atoms with Gasteiger partial charge in [0.15, 0.2) is 0 Å². The smallest absolute Gasteiger partial charge is 0.270 e. The van der Waals surface area contributed by atoms with Crippen LogP contribution in [0.5, 0.6) is 0 Å². The standard InChI is InChI=1S/C12H15BrN2O2/c1-8-5-6-14(9(8)2)12-4-3-10(15(16)17)7-11(12)13/h3-4,7-9H,5-6H2,1-2H3. The van der Waals surface area contributed by atoms with Crippen LogP contribution >= 0.6 is 15.9 Å². The molecule has 0 bridgehead atoms. The molecule has 17 heavy (non-hydrogen) atoms. The molecule has 2 atom stereocenters. The van der Waals surface area contributed by atoms with Crippen LogP contribution in [0.25, 0.3) is 0 Å². The van der Waals surface area contributed by atoms with Crippen LogP contribution in [0.4, 0.5) is 11.4 Å². The summed E-state index contributed by atoms with van der Waals surface area (Å²) >= 11 is 3.43. The molecular weight excluding hydrogens is 284 g/mol. The van der Waals surface area contributed by atoms with Crippen molar-refractivity contribution >= 4 is 27.3 Å². The van der Waals surface area contributed by atoms with E-state index in [4.69, 9.17) is 0 Å². The average molecular weight is 299 g/mol. The lowest BCUT2D eigenvalue weighted by atomic mass is 10.1. The molecule has 0 saturated carbocycles. The molecule has 1 fully saturated rings. The highest BCUT2D eigenvalue weighted by Crippen LogP contribution is 2.36. The van der Waals surface area contributed by atoms with Crippen LogP contribution < -0.4 is 4.90 Å². The minimum absolute atomic E-state index is 0.125. The summed E-state index contributed by atoms with van der Waals surface area (Å²) < 4.78 is 0.799. The summed E-state index contributed by atoms with van der Waals surface area (Å²) in [6.07, 6.45) is 1.17. The number of hydrogen-bond donors (Lipinski definition) is 0. The van der Waals surface area contributed by atoms with Crippen LogP contribution in [-0.4, -0.2) is 17.5 Å². The minimum Gasteiger partial charge on any atom is -0.368 e. The molecule has 5 heteroatoms. The van der Waals surface area contributed by atoms with Gasteiger partial charge in [0.2, 0.25) is 0 Å². The summed E-state index contributed by atoms with van der Waals surface area (Å²) in [7, 11) is 0. The monoisotopic (exact) mass is 298 g/mol. The second-order valence-electron chi connectivity index (χ2n) is 4.59. The van der Waals surface area contributed by atoms with Crippen molar-refractivity contribution in [2.45, 2.75) is 26.3 Å². The number of anilines is 1. The summed E-state index contributed by atoms with van der Waals surface area (Å²) in [5, 5.41) is 10.7. The lowest BCUT2D eigenvalue weighted by Crippen LogP contribution is -2.29. The Kier molecular flexibility index (Phi) is 3.38. The second kappa shape index (κ2) is 4.64. The van der Waals surface area contributed by atoms with Crippen LogP contribution in [-0.2, 0) is 0 Å². The number of nitro groups is 1. The van der Waals surface area contributed by atoms with Crippen molar-refractivity contribution in [1.29, 1.82) is 0 Å². The molecule has 2 rings (SSSR count). The van der Waals surface area contributed by atoms with Gasteiger partial charge in [-0.05, 0) is 41.3 Å². The first-order chi connectivity index (χ1) is 8.00. The van der Waals surface area contributed by atoms with Gasteiger partial charge in [0.25, 0.3) is 5.69 Å². The molecule has 1 heterocycles. The van der Waals surface area contributed by atoms with E-state index in [0.29, 0.717) is 12.0 Å². The number of halogens is 1. The Hall–Kier alpha value is -1.10. The highest BCUT2D eigenvalue weighted by molar-refractivity contribution is 9.10. The van der Waals surface area contributed by atoms with E-state index in [0.717, 1.165) is 16.7 Å². The zero-order valence-corrected chi connectivity index (χ0v) is 11.5. The van der Waals surface area contributed by atoms with E-state index in [2.05, 4.69) is 34.7 Å². The molecule has 0 aliphatic carbocycles. The van der Waals surface area contributed by atoms with Gasteiger partial charge < -0.3 is 4.90 Å². The number of benzene rings is 1. The van der Waals surface area contributed by atoms with Crippen LogP contribution in [0, 0.1) is 16.0 Å². The Balaban J connectivity index is 2.31. The van der Waals surface area contributed by atoms with Crippen molar-refractivity contribution in [1.82, 2.24) is 0 Å². The number of nitro benzene ring substituents is 1. The predicted molar refractivity (Wildman–Crippen MR) is 71.4 cm³/mol. The highest BCUT2D eigenvalue weighted by Gasteiger charge is 2.28. The predicted octanol–water partition coefficient (Wildman–Crippen LogP) is 3.59. The van der Waals surface area contributed by atoms with Crippen LogP contribution in [0.3, 0.4) is 0 Å². The normalized spacial score (nSPS) is 24.1. The number of rotatable bonds is 2. The van der Waals surface area contributed by atoms with Gasteiger partial charge in [-0.15, -0.1) is 0 Å². The molecule has 92 valence electrons. The molecule has 1 aliphatic heterocycles. The summed E-state index contributed by atoms with van der Waals surface area (Å²) in [6, 6.07) is 5.45. The van der Waals surface area contributed by atoms with Crippen LogP contribution in [0.2, 0.25) is 0 Å². The van der Waals surface area contributed by atoms with E-state index in [1.165, 1.54) is 6.42 Å². The molecule has 0 N–H and O–H groups in total. The zero-order valence-electron chi connectivity index (χ0n) is 9.89. The third-order valence-electron chi connectivity index (χ3n) is 3.59. The number of hydrogen-bond acceptors (Lipinski definition) is 3. The minimum atomic E-state index is -0.370. The Morgan fingerprint density at radius 2 is 2.18 bits per heavy atom. The molecule has 2 unspecified atom stereocenters. The van der Waals surface area contributed by atoms with Gasteiger partial charge in [-0.3, -0.25) is 10.1 Å². The summed E-state index contributed by atoms with van der Waals surface area (Å²) in [4.78, 5) is 12.6. The van der Waals surface area contributed by atoms with Crippen molar-refractivity contribution in [2.75, 3.05) is 11.4 Å². The maximum atomic E-state index is 10.7. The molecule has 0 radical (unpaired) electrons. The summed E-state index contributed by atoms with van der Waals surface area (Å²) in [5.74, 6) is 0.664. The Morgan fingerprint density at radius 3 is 2.65 bits per heavy atom. The van der Waals surface area contributed by atoms with E-state index < -0.39 is 0 Å². The van der Waals surface area contributed by atoms with Gasteiger partial charge in [0, 0.05) is 29.2 Å². The maximum absolute atomic E-state index is 10.7. The molecule has 0 amide bonds. The van der Waals surface area contributed by atoms with Gasteiger partial charge in [-0.1, -0.05) is 6.92 Å². The van der Waals surface area contributed by atoms with Gasteiger partial charge in [-0.25, -0.2) is 0 Å². The first-order valence-corrected chi connectivity index (χ1v) is 6.50. The third-order valence-corrected chi connectivity index (χ3v) is 4.23. The lowest BCUT2D eigenvalue weighted by Gasteiger charge is -2.26. The van der Waals surface area contributed by atoms with Gasteiger partial charge in [-0.2, -0.15) is 0 Å². The van der Waals surface area contributed by atoms with E-state index in [9.17, 15) is 10.1 Å². The van der Waals surface area contributed by atoms with E-state index in [1.807, 2.05) is 6.07 Å².